The fourth-order valence-corrected chi connectivity index (χ4v) is 0.942. The van der Waals surface area contributed by atoms with Crippen LogP contribution in [-0.2, 0) is 13.2 Å². The molecule has 0 aliphatic carbocycles. The Kier molecular flexibility index (Phi) is 3.95. The summed E-state index contributed by atoms with van der Waals surface area (Å²) in [5.41, 5.74) is 0. The summed E-state index contributed by atoms with van der Waals surface area (Å²) < 4.78 is 5.23. The Hall–Kier alpha value is -0.840. The van der Waals surface area contributed by atoms with Crippen molar-refractivity contribution in [1.82, 2.24) is 5.32 Å². The van der Waals surface area contributed by atoms with Crippen molar-refractivity contribution in [2.75, 3.05) is 6.61 Å². The molecule has 0 amide bonds. The van der Waals surface area contributed by atoms with Gasteiger partial charge < -0.3 is 19.9 Å². The SMILES string of the molecule is CC(CO)NCc1ccc(CO)o1. The van der Waals surface area contributed by atoms with Gasteiger partial charge in [-0.15, -0.1) is 0 Å². The Bertz CT molecular complexity index is 247. The van der Waals surface area contributed by atoms with E-state index in [0.29, 0.717) is 12.3 Å². The normalized spacial score (nSPS) is 13.2. The van der Waals surface area contributed by atoms with Gasteiger partial charge in [-0.1, -0.05) is 0 Å². The lowest BCUT2D eigenvalue weighted by Crippen LogP contribution is -2.28. The molecule has 3 N–H and O–H groups in total. The van der Waals surface area contributed by atoms with E-state index in [4.69, 9.17) is 14.6 Å². The molecule has 0 fully saturated rings. The van der Waals surface area contributed by atoms with Gasteiger partial charge in [0.05, 0.1) is 13.2 Å². The van der Waals surface area contributed by atoms with Gasteiger partial charge in [-0.05, 0) is 19.1 Å². The first-order valence-electron chi connectivity index (χ1n) is 4.29. The second-order valence-corrected chi connectivity index (χ2v) is 2.99. The summed E-state index contributed by atoms with van der Waals surface area (Å²) in [6.07, 6.45) is 0. The molecule has 0 spiro atoms. The molecular weight excluding hydrogens is 170 g/mol. The molecule has 1 rings (SSSR count). The molecular formula is C9H15NO3. The van der Waals surface area contributed by atoms with E-state index in [1.807, 2.05) is 13.0 Å². The minimum absolute atomic E-state index is 0.0580. The number of aliphatic hydroxyl groups excluding tert-OH is 2. The van der Waals surface area contributed by atoms with Gasteiger partial charge in [0.15, 0.2) is 0 Å². The summed E-state index contributed by atoms with van der Waals surface area (Å²) >= 11 is 0. The molecule has 0 aromatic carbocycles. The molecule has 0 saturated heterocycles. The molecule has 13 heavy (non-hydrogen) atoms. The first kappa shape index (κ1) is 10.2. The van der Waals surface area contributed by atoms with E-state index < -0.39 is 0 Å². The van der Waals surface area contributed by atoms with Gasteiger partial charge in [-0.3, -0.25) is 0 Å². The highest BCUT2D eigenvalue weighted by molar-refractivity contribution is 5.06. The quantitative estimate of drug-likeness (QED) is 0.615. The van der Waals surface area contributed by atoms with E-state index in [1.54, 1.807) is 6.07 Å². The monoisotopic (exact) mass is 185 g/mol. The zero-order valence-corrected chi connectivity index (χ0v) is 7.66. The highest BCUT2D eigenvalue weighted by Gasteiger charge is 2.02. The number of hydrogen-bond donors (Lipinski definition) is 3. The lowest BCUT2D eigenvalue weighted by Gasteiger charge is -2.08. The minimum Gasteiger partial charge on any atom is -0.462 e. The summed E-state index contributed by atoms with van der Waals surface area (Å²) in [4.78, 5) is 0. The highest BCUT2D eigenvalue weighted by atomic mass is 16.4. The molecule has 0 aliphatic rings. The average Bonchev–Trinajstić information content (AvgIpc) is 2.61. The summed E-state index contributed by atoms with van der Waals surface area (Å²) in [5.74, 6) is 1.33. The molecule has 0 saturated carbocycles. The van der Waals surface area contributed by atoms with E-state index in [2.05, 4.69) is 5.32 Å². The molecule has 1 heterocycles. The van der Waals surface area contributed by atoms with Gasteiger partial charge >= 0.3 is 0 Å². The Morgan fingerprint density at radius 3 is 2.62 bits per heavy atom. The number of nitrogens with one attached hydrogen (secondary N) is 1. The lowest BCUT2D eigenvalue weighted by atomic mass is 10.3. The van der Waals surface area contributed by atoms with Crippen LogP contribution in [0.25, 0.3) is 0 Å². The van der Waals surface area contributed by atoms with Gasteiger partial charge in [0, 0.05) is 6.04 Å². The maximum Gasteiger partial charge on any atom is 0.129 e. The molecule has 4 nitrogen and oxygen atoms in total. The largest absolute Gasteiger partial charge is 0.462 e. The maximum atomic E-state index is 8.73. The van der Waals surface area contributed by atoms with E-state index in [1.165, 1.54) is 0 Å². The third kappa shape index (κ3) is 3.18. The van der Waals surface area contributed by atoms with Crippen molar-refractivity contribution in [3.8, 4) is 0 Å². The Balaban J connectivity index is 2.36. The van der Waals surface area contributed by atoms with Gasteiger partial charge in [-0.25, -0.2) is 0 Å². The molecule has 1 aromatic rings. The third-order valence-electron chi connectivity index (χ3n) is 1.77. The molecule has 1 unspecified atom stereocenters. The van der Waals surface area contributed by atoms with Crippen LogP contribution in [-0.4, -0.2) is 22.9 Å². The Morgan fingerprint density at radius 2 is 2.08 bits per heavy atom. The fourth-order valence-electron chi connectivity index (χ4n) is 0.942. The van der Waals surface area contributed by atoms with Crippen LogP contribution in [0.4, 0.5) is 0 Å². The van der Waals surface area contributed by atoms with Crippen LogP contribution in [0.1, 0.15) is 18.4 Å². The predicted octanol–water partition coefficient (Wildman–Crippen LogP) is 0.242. The zero-order valence-electron chi connectivity index (χ0n) is 7.66. The second-order valence-electron chi connectivity index (χ2n) is 2.99. The first-order valence-corrected chi connectivity index (χ1v) is 4.29. The molecule has 74 valence electrons. The molecule has 1 atom stereocenters. The summed E-state index contributed by atoms with van der Waals surface area (Å²) in [5, 5.41) is 20.5. The van der Waals surface area contributed by atoms with E-state index >= 15 is 0 Å². The fraction of sp³-hybridized carbons (Fsp3) is 0.556. The topological polar surface area (TPSA) is 65.6 Å². The van der Waals surface area contributed by atoms with Crippen LogP contribution in [0.2, 0.25) is 0 Å². The number of hydrogen-bond acceptors (Lipinski definition) is 4. The first-order chi connectivity index (χ1) is 6.26. The molecule has 0 radical (unpaired) electrons. The molecule has 4 heteroatoms. The molecule has 0 bridgehead atoms. The van der Waals surface area contributed by atoms with Gasteiger partial charge in [-0.2, -0.15) is 0 Å². The van der Waals surface area contributed by atoms with Crippen molar-refractivity contribution in [3.63, 3.8) is 0 Å². The van der Waals surface area contributed by atoms with Crippen LogP contribution in [0, 0.1) is 0 Å². The minimum atomic E-state index is -0.0739. The van der Waals surface area contributed by atoms with Crippen molar-refractivity contribution in [1.29, 1.82) is 0 Å². The summed E-state index contributed by atoms with van der Waals surface area (Å²) in [6.45, 7) is 2.49. The summed E-state index contributed by atoms with van der Waals surface area (Å²) in [6, 6.07) is 3.60. The van der Waals surface area contributed by atoms with E-state index in [-0.39, 0.29) is 19.3 Å². The second kappa shape index (κ2) is 5.01. The third-order valence-corrected chi connectivity index (χ3v) is 1.77. The van der Waals surface area contributed by atoms with Gasteiger partial charge in [0.25, 0.3) is 0 Å². The molecule has 1 aromatic heterocycles. The summed E-state index contributed by atoms with van der Waals surface area (Å²) in [7, 11) is 0. The van der Waals surface area contributed by atoms with Crippen LogP contribution in [0.15, 0.2) is 16.5 Å². The van der Waals surface area contributed by atoms with Gasteiger partial charge in [0.1, 0.15) is 18.1 Å². The number of furan rings is 1. The number of rotatable bonds is 5. The van der Waals surface area contributed by atoms with Crippen LogP contribution < -0.4 is 5.32 Å². The standard InChI is InChI=1S/C9H15NO3/c1-7(5-11)10-4-8-2-3-9(6-12)13-8/h2-3,7,10-12H,4-6H2,1H3. The van der Waals surface area contributed by atoms with Crippen molar-refractivity contribution in [2.45, 2.75) is 26.1 Å². The van der Waals surface area contributed by atoms with Crippen molar-refractivity contribution in [3.05, 3.63) is 23.7 Å². The predicted molar refractivity (Wildman–Crippen MR) is 48.0 cm³/mol. The van der Waals surface area contributed by atoms with Crippen LogP contribution >= 0.6 is 0 Å². The van der Waals surface area contributed by atoms with Crippen molar-refractivity contribution in [2.24, 2.45) is 0 Å². The smallest absolute Gasteiger partial charge is 0.129 e. The van der Waals surface area contributed by atoms with Crippen molar-refractivity contribution >= 4 is 0 Å². The number of aliphatic hydroxyl groups is 2. The Labute approximate surface area is 77.2 Å². The zero-order chi connectivity index (χ0) is 9.68. The van der Waals surface area contributed by atoms with Crippen LogP contribution in [0.5, 0.6) is 0 Å². The van der Waals surface area contributed by atoms with Crippen molar-refractivity contribution < 1.29 is 14.6 Å². The van der Waals surface area contributed by atoms with E-state index in [0.717, 1.165) is 5.76 Å². The lowest BCUT2D eigenvalue weighted by molar-refractivity contribution is 0.235. The van der Waals surface area contributed by atoms with Crippen LogP contribution in [0.3, 0.4) is 0 Å². The van der Waals surface area contributed by atoms with Gasteiger partial charge in [0.2, 0.25) is 0 Å². The molecule has 0 aliphatic heterocycles. The van der Waals surface area contributed by atoms with E-state index in [9.17, 15) is 0 Å². The highest BCUT2D eigenvalue weighted by Crippen LogP contribution is 2.07. The Morgan fingerprint density at radius 1 is 1.38 bits per heavy atom. The maximum absolute atomic E-state index is 8.73. The average molecular weight is 185 g/mol.